The van der Waals surface area contributed by atoms with Gasteiger partial charge in [0.1, 0.15) is 20.8 Å². The van der Waals surface area contributed by atoms with Crippen LogP contribution in [-0.2, 0) is 19.9 Å². The molecule has 0 bridgehead atoms. The van der Waals surface area contributed by atoms with Gasteiger partial charge in [0.15, 0.2) is 0 Å². The largest absolute Gasteiger partial charge is 0.495 e. The number of methoxy groups -OCH3 is 1. The Morgan fingerprint density at radius 2 is 2.13 bits per heavy atom. The van der Waals surface area contributed by atoms with Crippen molar-refractivity contribution in [2.75, 3.05) is 13.7 Å². The SMILES string of the molecule is COc1ccc([C@H]2C[C@@H]2COc2nn(C)c(=O)c(CCc3nnc(C)s3)c2Cl)nc1. The number of halogens is 1. The van der Waals surface area contributed by atoms with Crippen LogP contribution in [0.5, 0.6) is 11.6 Å². The molecule has 0 unspecified atom stereocenters. The first-order valence-electron chi connectivity index (χ1n) is 9.63. The summed E-state index contributed by atoms with van der Waals surface area (Å²) in [6.07, 6.45) is 3.77. The van der Waals surface area contributed by atoms with Crippen molar-refractivity contribution >= 4 is 22.9 Å². The van der Waals surface area contributed by atoms with Crippen molar-refractivity contribution in [1.29, 1.82) is 0 Å². The topological polar surface area (TPSA) is 92.0 Å². The van der Waals surface area contributed by atoms with E-state index >= 15 is 0 Å². The first kappa shape index (κ1) is 20.7. The standard InChI is InChI=1S/C20H22ClN5O3S/c1-11-23-24-17(30-11)7-5-14-18(21)19(25-26(2)20(14)27)29-10-12-8-15(12)16-6-4-13(28-3)9-22-16/h4,6,9,12,15H,5,7-8,10H2,1-3H3/t12-,15+/m1/s1. The Hall–Kier alpha value is -2.52. The van der Waals surface area contributed by atoms with Crippen molar-refractivity contribution in [1.82, 2.24) is 25.0 Å². The summed E-state index contributed by atoms with van der Waals surface area (Å²) in [4.78, 5) is 17.0. The van der Waals surface area contributed by atoms with E-state index in [0.717, 1.165) is 27.9 Å². The molecule has 10 heteroatoms. The van der Waals surface area contributed by atoms with Crippen molar-refractivity contribution < 1.29 is 9.47 Å². The molecule has 0 saturated heterocycles. The highest BCUT2D eigenvalue weighted by Crippen LogP contribution is 2.47. The smallest absolute Gasteiger partial charge is 0.271 e. The van der Waals surface area contributed by atoms with E-state index in [-0.39, 0.29) is 16.5 Å². The molecule has 3 aromatic rings. The fourth-order valence-corrected chi connectivity index (χ4v) is 4.31. The maximum Gasteiger partial charge on any atom is 0.271 e. The third-order valence-electron chi connectivity index (χ3n) is 5.13. The second kappa shape index (κ2) is 8.69. The molecule has 30 heavy (non-hydrogen) atoms. The van der Waals surface area contributed by atoms with Crippen LogP contribution >= 0.6 is 22.9 Å². The fraction of sp³-hybridized carbons (Fsp3) is 0.450. The number of hydrogen-bond acceptors (Lipinski definition) is 8. The van der Waals surface area contributed by atoms with Crippen LogP contribution in [-0.4, -0.2) is 38.7 Å². The number of nitrogens with zero attached hydrogens (tertiary/aromatic N) is 5. The third-order valence-corrected chi connectivity index (χ3v) is 6.42. The zero-order valence-electron chi connectivity index (χ0n) is 17.0. The number of aryl methyl sites for hydroxylation is 3. The van der Waals surface area contributed by atoms with Crippen LogP contribution in [0.1, 0.15) is 33.6 Å². The van der Waals surface area contributed by atoms with Gasteiger partial charge in [0.25, 0.3) is 11.4 Å². The number of hydrogen-bond donors (Lipinski definition) is 0. The van der Waals surface area contributed by atoms with E-state index in [9.17, 15) is 4.79 Å². The molecular formula is C20H22ClN5O3S. The average molecular weight is 448 g/mol. The third kappa shape index (κ3) is 4.46. The van der Waals surface area contributed by atoms with E-state index in [1.807, 2.05) is 19.1 Å². The molecule has 0 aliphatic heterocycles. The highest BCUT2D eigenvalue weighted by molar-refractivity contribution is 7.11. The van der Waals surface area contributed by atoms with Crippen LogP contribution in [0.4, 0.5) is 0 Å². The molecule has 1 saturated carbocycles. The van der Waals surface area contributed by atoms with Gasteiger partial charge >= 0.3 is 0 Å². The van der Waals surface area contributed by atoms with Crippen LogP contribution in [0.2, 0.25) is 5.02 Å². The molecule has 4 rings (SSSR count). The number of rotatable bonds is 8. The van der Waals surface area contributed by atoms with Crippen molar-refractivity contribution in [2.45, 2.75) is 32.1 Å². The summed E-state index contributed by atoms with van der Waals surface area (Å²) in [7, 11) is 3.23. The van der Waals surface area contributed by atoms with Gasteiger partial charge in [-0.3, -0.25) is 9.78 Å². The van der Waals surface area contributed by atoms with Gasteiger partial charge in [0.2, 0.25) is 0 Å². The normalized spacial score (nSPS) is 17.7. The van der Waals surface area contributed by atoms with E-state index in [1.54, 1.807) is 20.4 Å². The lowest BCUT2D eigenvalue weighted by Crippen LogP contribution is -2.25. The molecule has 1 aliphatic rings. The van der Waals surface area contributed by atoms with E-state index < -0.39 is 0 Å². The first-order valence-corrected chi connectivity index (χ1v) is 10.8. The van der Waals surface area contributed by atoms with E-state index in [4.69, 9.17) is 21.1 Å². The summed E-state index contributed by atoms with van der Waals surface area (Å²) in [5, 5.41) is 14.4. The van der Waals surface area contributed by atoms with Gasteiger partial charge in [0, 0.05) is 36.6 Å². The second-order valence-electron chi connectivity index (χ2n) is 7.28. The zero-order chi connectivity index (χ0) is 21.3. The average Bonchev–Trinajstić information content (AvgIpc) is 3.41. The van der Waals surface area contributed by atoms with Crippen molar-refractivity contribution in [2.24, 2.45) is 13.0 Å². The summed E-state index contributed by atoms with van der Waals surface area (Å²) in [6.45, 7) is 2.37. The van der Waals surface area contributed by atoms with Gasteiger partial charge < -0.3 is 9.47 Å². The van der Waals surface area contributed by atoms with Gasteiger partial charge in [-0.15, -0.1) is 26.6 Å². The van der Waals surface area contributed by atoms with Gasteiger partial charge in [-0.25, -0.2) is 4.68 Å². The predicted molar refractivity (Wildman–Crippen MR) is 114 cm³/mol. The lowest BCUT2D eigenvalue weighted by Gasteiger charge is -2.11. The minimum atomic E-state index is -0.222. The van der Waals surface area contributed by atoms with Crippen LogP contribution in [0.25, 0.3) is 0 Å². The van der Waals surface area contributed by atoms with Crippen LogP contribution in [0.15, 0.2) is 23.1 Å². The molecule has 1 fully saturated rings. The van der Waals surface area contributed by atoms with Gasteiger partial charge in [-0.1, -0.05) is 11.6 Å². The summed E-state index contributed by atoms with van der Waals surface area (Å²) in [5.41, 5.74) is 1.29. The second-order valence-corrected chi connectivity index (χ2v) is 8.92. The van der Waals surface area contributed by atoms with Crippen molar-refractivity contribution in [3.63, 3.8) is 0 Å². The van der Waals surface area contributed by atoms with E-state index in [1.165, 1.54) is 16.0 Å². The summed E-state index contributed by atoms with van der Waals surface area (Å²) >= 11 is 8.00. The maximum absolute atomic E-state index is 12.5. The minimum absolute atomic E-state index is 0.222. The lowest BCUT2D eigenvalue weighted by molar-refractivity contribution is 0.277. The first-order chi connectivity index (χ1) is 14.5. The molecule has 1 aliphatic carbocycles. The van der Waals surface area contributed by atoms with Crippen molar-refractivity contribution in [3.8, 4) is 11.6 Å². The molecule has 0 aromatic carbocycles. The molecule has 8 nitrogen and oxygen atoms in total. The molecule has 2 atom stereocenters. The van der Waals surface area contributed by atoms with E-state index in [2.05, 4.69) is 20.3 Å². The quantitative estimate of drug-likeness (QED) is 0.524. The molecule has 0 spiro atoms. The molecule has 0 radical (unpaired) electrons. The molecular weight excluding hydrogens is 426 g/mol. The summed E-state index contributed by atoms with van der Waals surface area (Å²) < 4.78 is 12.3. The zero-order valence-corrected chi connectivity index (χ0v) is 18.5. The molecule has 0 N–H and O–H groups in total. The molecule has 3 aromatic heterocycles. The molecule has 3 heterocycles. The minimum Gasteiger partial charge on any atom is -0.495 e. The summed E-state index contributed by atoms with van der Waals surface area (Å²) in [6, 6.07) is 3.89. The molecule has 158 valence electrons. The van der Waals surface area contributed by atoms with Crippen LogP contribution < -0.4 is 15.0 Å². The van der Waals surface area contributed by atoms with Gasteiger partial charge in [-0.2, -0.15) is 0 Å². The van der Waals surface area contributed by atoms with Crippen LogP contribution in [0, 0.1) is 12.8 Å². The Morgan fingerprint density at radius 1 is 1.30 bits per heavy atom. The number of ether oxygens (including phenoxy) is 2. The fourth-order valence-electron chi connectivity index (χ4n) is 3.34. The monoisotopic (exact) mass is 447 g/mol. The Kier molecular flexibility index (Phi) is 6.01. The lowest BCUT2D eigenvalue weighted by atomic mass is 10.1. The van der Waals surface area contributed by atoms with Crippen molar-refractivity contribution in [3.05, 3.63) is 55.0 Å². The van der Waals surface area contributed by atoms with E-state index in [0.29, 0.717) is 36.8 Å². The Bertz CT molecular complexity index is 1100. The maximum atomic E-state index is 12.5. The highest BCUT2D eigenvalue weighted by Gasteiger charge is 2.40. The summed E-state index contributed by atoms with van der Waals surface area (Å²) in [5.74, 6) is 1.72. The number of pyridine rings is 1. The Balaban J connectivity index is 1.41. The molecule has 0 amide bonds. The highest BCUT2D eigenvalue weighted by atomic mass is 35.5. The number of aromatic nitrogens is 5. The van der Waals surface area contributed by atoms with Gasteiger partial charge in [0.05, 0.1) is 19.9 Å². The van der Waals surface area contributed by atoms with Crippen LogP contribution in [0.3, 0.4) is 0 Å². The predicted octanol–water partition coefficient (Wildman–Crippen LogP) is 2.96. The Morgan fingerprint density at radius 3 is 2.80 bits per heavy atom. The van der Waals surface area contributed by atoms with Gasteiger partial charge in [-0.05, 0) is 31.9 Å². The Labute approximate surface area is 182 Å².